The van der Waals surface area contributed by atoms with Crippen molar-refractivity contribution in [3.63, 3.8) is 0 Å². The van der Waals surface area contributed by atoms with Crippen LogP contribution in [0.4, 0.5) is 0 Å². The van der Waals surface area contributed by atoms with Crippen LogP contribution in [0.2, 0.25) is 5.02 Å². The van der Waals surface area contributed by atoms with Gasteiger partial charge in [-0.2, -0.15) is 0 Å². The van der Waals surface area contributed by atoms with Gasteiger partial charge in [0.2, 0.25) is 0 Å². The minimum absolute atomic E-state index is 0.340. The second kappa shape index (κ2) is 6.25. The molecule has 0 aliphatic rings. The van der Waals surface area contributed by atoms with E-state index in [1.54, 1.807) is 6.92 Å². The number of carbonyl (C=O) groups excluding carboxylic acids is 1. The van der Waals surface area contributed by atoms with Crippen molar-refractivity contribution < 1.29 is 9.53 Å². The van der Waals surface area contributed by atoms with Crippen LogP contribution in [0.1, 0.15) is 22.8 Å². The Kier molecular flexibility index (Phi) is 4.63. The summed E-state index contributed by atoms with van der Waals surface area (Å²) >= 11 is 6.18. The molecular weight excluding hydrogens is 274 g/mol. The third kappa shape index (κ3) is 3.11. The number of fused-ring (bicyclic) bond motifs is 1. The van der Waals surface area contributed by atoms with E-state index in [0.717, 1.165) is 22.9 Å². The lowest BCUT2D eigenvalue weighted by atomic mass is 10.0. The van der Waals surface area contributed by atoms with Gasteiger partial charge in [0, 0.05) is 6.54 Å². The van der Waals surface area contributed by atoms with Crippen molar-refractivity contribution >= 4 is 28.3 Å². The van der Waals surface area contributed by atoms with Crippen molar-refractivity contribution in [3.05, 3.63) is 46.5 Å². The summed E-state index contributed by atoms with van der Waals surface area (Å²) in [6.07, 6.45) is 0. The van der Waals surface area contributed by atoms with E-state index in [9.17, 15) is 4.79 Å². The summed E-state index contributed by atoms with van der Waals surface area (Å²) in [5.41, 5.74) is 1.59. The van der Waals surface area contributed by atoms with Crippen LogP contribution in [0, 0.1) is 0 Å². The summed E-state index contributed by atoms with van der Waals surface area (Å²) in [5.74, 6) is -0.376. The highest BCUT2D eigenvalue weighted by molar-refractivity contribution is 6.34. The van der Waals surface area contributed by atoms with E-state index in [1.165, 1.54) is 0 Å². The smallest absolute Gasteiger partial charge is 0.339 e. The molecule has 106 valence electrons. The van der Waals surface area contributed by atoms with Crippen LogP contribution in [-0.2, 0) is 11.3 Å². The lowest BCUT2D eigenvalue weighted by molar-refractivity contribution is 0.0527. The summed E-state index contributed by atoms with van der Waals surface area (Å²) in [7, 11) is 4.03. The van der Waals surface area contributed by atoms with Gasteiger partial charge in [-0.15, -0.1) is 0 Å². The Morgan fingerprint density at radius 1 is 1.30 bits per heavy atom. The minimum Gasteiger partial charge on any atom is -0.462 e. The molecule has 0 aromatic heterocycles. The van der Waals surface area contributed by atoms with E-state index in [2.05, 4.69) is 11.0 Å². The highest BCUT2D eigenvalue weighted by atomic mass is 35.5. The van der Waals surface area contributed by atoms with Gasteiger partial charge in [0.25, 0.3) is 0 Å². The largest absolute Gasteiger partial charge is 0.462 e. The summed E-state index contributed by atoms with van der Waals surface area (Å²) in [6, 6.07) is 9.71. The molecule has 2 aromatic rings. The van der Waals surface area contributed by atoms with Gasteiger partial charge < -0.3 is 9.64 Å². The molecule has 4 heteroatoms. The monoisotopic (exact) mass is 291 g/mol. The molecule has 0 amide bonds. The second-order valence-electron chi connectivity index (χ2n) is 4.93. The van der Waals surface area contributed by atoms with Crippen molar-refractivity contribution in [2.45, 2.75) is 13.5 Å². The molecule has 2 aromatic carbocycles. The van der Waals surface area contributed by atoms with Gasteiger partial charge in [0.05, 0.1) is 17.2 Å². The normalized spacial score (nSPS) is 11.1. The van der Waals surface area contributed by atoms with Crippen molar-refractivity contribution in [2.24, 2.45) is 0 Å². The lowest BCUT2D eigenvalue weighted by Gasteiger charge is -2.13. The molecule has 0 aliphatic heterocycles. The maximum atomic E-state index is 11.9. The highest BCUT2D eigenvalue weighted by Crippen LogP contribution is 2.27. The van der Waals surface area contributed by atoms with Gasteiger partial charge in [0.1, 0.15) is 0 Å². The molecule has 0 aliphatic carbocycles. The van der Waals surface area contributed by atoms with E-state index in [0.29, 0.717) is 17.2 Å². The third-order valence-corrected chi connectivity index (χ3v) is 3.35. The summed E-state index contributed by atoms with van der Waals surface area (Å²) in [6.45, 7) is 2.93. The summed E-state index contributed by atoms with van der Waals surface area (Å²) in [5, 5.41) is 2.49. The first kappa shape index (κ1) is 14.8. The van der Waals surface area contributed by atoms with Gasteiger partial charge in [0.15, 0.2) is 0 Å². The standard InChI is InChI=1S/C16H18ClNO2/c1-4-20-16(19)14-9-13-11(8-15(14)17)6-5-7-12(13)10-18(2)3/h5-9H,4,10H2,1-3H3. The minimum atomic E-state index is -0.376. The number of esters is 1. The lowest BCUT2D eigenvalue weighted by Crippen LogP contribution is -2.11. The number of carbonyl (C=O) groups is 1. The van der Waals surface area contributed by atoms with Gasteiger partial charge >= 0.3 is 5.97 Å². The number of ether oxygens (including phenoxy) is 1. The average molecular weight is 292 g/mol. The fourth-order valence-electron chi connectivity index (χ4n) is 2.21. The Hall–Kier alpha value is -1.58. The molecule has 0 unspecified atom stereocenters. The maximum absolute atomic E-state index is 11.9. The molecule has 0 radical (unpaired) electrons. The fourth-order valence-corrected chi connectivity index (χ4v) is 2.46. The average Bonchev–Trinajstić information content (AvgIpc) is 2.37. The number of halogens is 1. The van der Waals surface area contributed by atoms with E-state index < -0.39 is 0 Å². The predicted molar refractivity (Wildman–Crippen MR) is 82.3 cm³/mol. The number of hydrogen-bond donors (Lipinski definition) is 0. The molecule has 0 atom stereocenters. The van der Waals surface area contributed by atoms with Crippen molar-refractivity contribution in [3.8, 4) is 0 Å². The first-order chi connectivity index (χ1) is 9.52. The van der Waals surface area contributed by atoms with E-state index in [4.69, 9.17) is 16.3 Å². The van der Waals surface area contributed by atoms with Crippen molar-refractivity contribution in [1.29, 1.82) is 0 Å². The molecule has 0 saturated carbocycles. The van der Waals surface area contributed by atoms with Gasteiger partial charge in [-0.3, -0.25) is 0 Å². The number of hydrogen-bond acceptors (Lipinski definition) is 3. The highest BCUT2D eigenvalue weighted by Gasteiger charge is 2.14. The first-order valence-corrected chi connectivity index (χ1v) is 6.93. The summed E-state index contributed by atoms with van der Waals surface area (Å²) in [4.78, 5) is 14.0. The molecule has 20 heavy (non-hydrogen) atoms. The molecule has 0 fully saturated rings. The zero-order chi connectivity index (χ0) is 14.7. The van der Waals surface area contributed by atoms with Gasteiger partial charge in [-0.25, -0.2) is 4.79 Å². The predicted octanol–water partition coefficient (Wildman–Crippen LogP) is 3.73. The molecular formula is C16H18ClNO2. The van der Waals surface area contributed by atoms with Gasteiger partial charge in [-0.05, 0) is 49.5 Å². The Morgan fingerprint density at radius 2 is 2.05 bits per heavy atom. The van der Waals surface area contributed by atoms with E-state index in [1.807, 2.05) is 38.4 Å². The fraction of sp³-hybridized carbons (Fsp3) is 0.312. The van der Waals surface area contributed by atoms with Crippen LogP contribution in [0.15, 0.2) is 30.3 Å². The second-order valence-corrected chi connectivity index (χ2v) is 5.34. The molecule has 2 rings (SSSR count). The zero-order valence-corrected chi connectivity index (χ0v) is 12.7. The molecule has 0 heterocycles. The molecule has 0 saturated heterocycles. The van der Waals surface area contributed by atoms with Crippen LogP contribution in [-0.4, -0.2) is 31.6 Å². The zero-order valence-electron chi connectivity index (χ0n) is 11.9. The molecule has 0 N–H and O–H groups in total. The van der Waals surface area contributed by atoms with Crippen molar-refractivity contribution in [2.75, 3.05) is 20.7 Å². The van der Waals surface area contributed by atoms with Crippen LogP contribution < -0.4 is 0 Å². The molecule has 3 nitrogen and oxygen atoms in total. The number of benzene rings is 2. The third-order valence-electron chi connectivity index (χ3n) is 3.04. The summed E-state index contributed by atoms with van der Waals surface area (Å²) < 4.78 is 5.04. The van der Waals surface area contributed by atoms with Crippen LogP contribution in [0.5, 0.6) is 0 Å². The quantitative estimate of drug-likeness (QED) is 0.804. The first-order valence-electron chi connectivity index (χ1n) is 6.56. The Labute approximate surface area is 124 Å². The molecule has 0 bridgehead atoms. The van der Waals surface area contributed by atoms with E-state index >= 15 is 0 Å². The molecule has 0 spiro atoms. The topological polar surface area (TPSA) is 29.5 Å². The van der Waals surface area contributed by atoms with Gasteiger partial charge in [-0.1, -0.05) is 29.8 Å². The maximum Gasteiger partial charge on any atom is 0.339 e. The number of rotatable bonds is 4. The SMILES string of the molecule is CCOC(=O)c1cc2c(CN(C)C)cccc2cc1Cl. The van der Waals surface area contributed by atoms with Crippen molar-refractivity contribution in [1.82, 2.24) is 4.90 Å². The van der Waals surface area contributed by atoms with Crippen LogP contribution >= 0.6 is 11.6 Å². The van der Waals surface area contributed by atoms with Crippen LogP contribution in [0.3, 0.4) is 0 Å². The Morgan fingerprint density at radius 3 is 2.70 bits per heavy atom. The van der Waals surface area contributed by atoms with Crippen LogP contribution in [0.25, 0.3) is 10.8 Å². The van der Waals surface area contributed by atoms with E-state index in [-0.39, 0.29) is 5.97 Å². The Balaban J connectivity index is 2.56. The Bertz CT molecular complexity index is 638. The number of nitrogens with zero attached hydrogens (tertiary/aromatic N) is 1.